The number of unbranched alkanes of at least 4 members (excludes halogenated alkanes) is 13. The van der Waals surface area contributed by atoms with Crippen LogP contribution in [0.2, 0.25) is 0 Å². The topological polar surface area (TPSA) is 49.3 Å². The van der Waals surface area contributed by atoms with Gasteiger partial charge in [-0.2, -0.15) is 0 Å². The van der Waals surface area contributed by atoms with Gasteiger partial charge in [0.25, 0.3) is 0 Å². The van der Waals surface area contributed by atoms with E-state index in [9.17, 15) is 4.79 Å². The molecule has 0 bridgehead atoms. The molecule has 0 saturated heterocycles. The van der Waals surface area contributed by atoms with E-state index in [4.69, 9.17) is 5.11 Å². The molecule has 0 fully saturated rings. The fourth-order valence-corrected chi connectivity index (χ4v) is 2.73. The van der Waals surface area contributed by atoms with Gasteiger partial charge in [0.05, 0.1) is 0 Å². The minimum absolute atomic E-state index is 0. The molecule has 3 nitrogen and oxygen atoms in total. The molecule has 0 aliphatic rings. The van der Waals surface area contributed by atoms with Gasteiger partial charge in [-0.3, -0.25) is 4.79 Å². The van der Waals surface area contributed by atoms with Crippen LogP contribution in [0.25, 0.3) is 0 Å². The predicted molar refractivity (Wildman–Crippen MR) is 103 cm³/mol. The monoisotopic (exact) mass is 353 g/mol. The molecule has 0 aromatic rings. The van der Waals surface area contributed by atoms with Gasteiger partial charge in [0.1, 0.15) is 6.04 Å². The molecule has 1 atom stereocenters. The maximum absolute atomic E-state index is 10.6. The number of nitrogens with one attached hydrogen (secondary N) is 1. The van der Waals surface area contributed by atoms with Crippen molar-refractivity contribution >= 4 is 57.4 Å². The van der Waals surface area contributed by atoms with E-state index in [1.165, 1.54) is 83.5 Å². The van der Waals surface area contributed by atoms with Gasteiger partial charge < -0.3 is 10.4 Å². The summed E-state index contributed by atoms with van der Waals surface area (Å²) in [6.07, 6.45) is 19.0. The SMILES string of the molecule is CCCCCCCCCCCCCCCCNC(C)C(=O)O.[KH]. The zero-order valence-corrected chi connectivity index (χ0v) is 15.0. The maximum atomic E-state index is 10.6. The third kappa shape index (κ3) is 21.0. The second-order valence-corrected chi connectivity index (χ2v) is 6.61. The van der Waals surface area contributed by atoms with Crippen molar-refractivity contribution in [3.8, 4) is 0 Å². The number of carbonyl (C=O) groups is 1. The van der Waals surface area contributed by atoms with E-state index in [-0.39, 0.29) is 51.4 Å². The first-order valence-corrected chi connectivity index (χ1v) is 9.64. The van der Waals surface area contributed by atoms with Gasteiger partial charge in [-0.05, 0) is 19.9 Å². The molecule has 0 spiro atoms. The van der Waals surface area contributed by atoms with Crippen molar-refractivity contribution in [1.29, 1.82) is 0 Å². The molecule has 0 aromatic heterocycles. The molecular weight excluding hydrogens is 313 g/mol. The van der Waals surface area contributed by atoms with E-state index >= 15 is 0 Å². The van der Waals surface area contributed by atoms with Gasteiger partial charge in [-0.15, -0.1) is 0 Å². The van der Waals surface area contributed by atoms with Crippen molar-refractivity contribution < 1.29 is 9.90 Å². The Morgan fingerprint density at radius 2 is 1.13 bits per heavy atom. The molecule has 4 heteroatoms. The number of carboxylic acid groups (broad SMARTS) is 1. The van der Waals surface area contributed by atoms with Crippen molar-refractivity contribution in [2.75, 3.05) is 6.54 Å². The van der Waals surface area contributed by atoms with Crippen LogP contribution in [0.1, 0.15) is 104 Å². The molecule has 0 radical (unpaired) electrons. The first kappa shape index (κ1) is 26.3. The normalized spacial score (nSPS) is 11.9. The van der Waals surface area contributed by atoms with E-state index in [1.54, 1.807) is 6.92 Å². The fourth-order valence-electron chi connectivity index (χ4n) is 2.73. The molecule has 134 valence electrons. The Morgan fingerprint density at radius 3 is 1.48 bits per heavy atom. The van der Waals surface area contributed by atoms with Crippen molar-refractivity contribution in [3.63, 3.8) is 0 Å². The average molecular weight is 354 g/mol. The molecule has 0 heterocycles. The first-order valence-electron chi connectivity index (χ1n) is 9.64. The Morgan fingerprint density at radius 1 is 0.783 bits per heavy atom. The summed E-state index contributed by atoms with van der Waals surface area (Å²) in [7, 11) is 0. The van der Waals surface area contributed by atoms with E-state index in [2.05, 4.69) is 12.2 Å². The van der Waals surface area contributed by atoms with Crippen LogP contribution in [0, 0.1) is 0 Å². The van der Waals surface area contributed by atoms with Crippen LogP contribution >= 0.6 is 0 Å². The van der Waals surface area contributed by atoms with Gasteiger partial charge in [-0.1, -0.05) is 90.4 Å². The second kappa shape index (κ2) is 21.1. The molecule has 0 rings (SSSR count). The summed E-state index contributed by atoms with van der Waals surface area (Å²) >= 11 is 0. The standard InChI is InChI=1S/C19H39NO2.K.H/c1-3-4-5-6-7-8-9-10-11-12-13-14-15-16-17-20-18(2)19(21)22;;/h18,20H,3-17H2,1-2H3,(H,21,22);;. The van der Waals surface area contributed by atoms with Crippen LogP contribution in [-0.4, -0.2) is 75.0 Å². The van der Waals surface area contributed by atoms with Crippen LogP contribution in [0.15, 0.2) is 0 Å². The molecule has 0 aromatic carbocycles. The number of carboxylic acids is 1. The van der Waals surface area contributed by atoms with Gasteiger partial charge in [0, 0.05) is 0 Å². The third-order valence-corrected chi connectivity index (χ3v) is 4.35. The number of hydrogen-bond donors (Lipinski definition) is 2. The number of rotatable bonds is 17. The summed E-state index contributed by atoms with van der Waals surface area (Å²) in [5.74, 6) is -0.759. The molecule has 1 unspecified atom stereocenters. The number of hydrogen-bond acceptors (Lipinski definition) is 2. The quantitative estimate of drug-likeness (QED) is 0.289. The molecule has 0 saturated carbocycles. The van der Waals surface area contributed by atoms with Crippen LogP contribution in [0.3, 0.4) is 0 Å². The molecule has 0 amide bonds. The molecule has 23 heavy (non-hydrogen) atoms. The summed E-state index contributed by atoms with van der Waals surface area (Å²) in [4.78, 5) is 10.6. The van der Waals surface area contributed by atoms with Crippen molar-refractivity contribution in [2.24, 2.45) is 0 Å². The summed E-state index contributed by atoms with van der Waals surface area (Å²) in [5, 5.41) is 11.8. The Kier molecular flexibility index (Phi) is 24.1. The van der Waals surface area contributed by atoms with E-state index in [1.807, 2.05) is 0 Å². The van der Waals surface area contributed by atoms with Gasteiger partial charge >= 0.3 is 57.4 Å². The Labute approximate surface area is 187 Å². The van der Waals surface area contributed by atoms with Crippen LogP contribution in [-0.2, 0) is 4.79 Å². The summed E-state index contributed by atoms with van der Waals surface area (Å²) in [5.41, 5.74) is 0. The summed E-state index contributed by atoms with van der Waals surface area (Å²) < 4.78 is 0. The number of aliphatic carboxylic acids is 1. The van der Waals surface area contributed by atoms with Gasteiger partial charge in [0.2, 0.25) is 0 Å². The predicted octanol–water partition coefficient (Wildman–Crippen LogP) is 4.88. The van der Waals surface area contributed by atoms with Crippen molar-refractivity contribution in [2.45, 2.75) is 110 Å². The van der Waals surface area contributed by atoms with Crippen molar-refractivity contribution in [3.05, 3.63) is 0 Å². The minimum atomic E-state index is -0.759. The average Bonchev–Trinajstić information content (AvgIpc) is 2.50. The van der Waals surface area contributed by atoms with E-state index < -0.39 is 12.0 Å². The molecule has 0 aliphatic heterocycles. The molecule has 0 aliphatic carbocycles. The van der Waals surface area contributed by atoms with E-state index in [0.717, 1.165) is 13.0 Å². The van der Waals surface area contributed by atoms with Crippen LogP contribution in [0.4, 0.5) is 0 Å². The molecule has 2 N–H and O–H groups in total. The van der Waals surface area contributed by atoms with Gasteiger partial charge in [-0.25, -0.2) is 0 Å². The first-order chi connectivity index (χ1) is 10.7. The molecular formula is C19H40KNO2. The van der Waals surface area contributed by atoms with Crippen LogP contribution in [0.5, 0.6) is 0 Å². The Balaban J connectivity index is 0. The van der Waals surface area contributed by atoms with Gasteiger partial charge in [0.15, 0.2) is 0 Å². The van der Waals surface area contributed by atoms with Crippen molar-refractivity contribution in [1.82, 2.24) is 5.32 Å². The Hall–Kier alpha value is 1.07. The second-order valence-electron chi connectivity index (χ2n) is 6.61. The van der Waals surface area contributed by atoms with E-state index in [0.29, 0.717) is 0 Å². The zero-order valence-electron chi connectivity index (χ0n) is 15.0. The zero-order chi connectivity index (χ0) is 16.5. The summed E-state index contributed by atoms with van der Waals surface area (Å²) in [6, 6.07) is -0.415. The van der Waals surface area contributed by atoms with Crippen LogP contribution < -0.4 is 5.32 Å². The third-order valence-electron chi connectivity index (χ3n) is 4.35. The fraction of sp³-hybridized carbons (Fsp3) is 0.947. The summed E-state index contributed by atoms with van der Waals surface area (Å²) in [6.45, 7) is 4.80. The Bertz CT molecular complexity index is 250.